The molecule has 2 N–H and O–H groups in total. The Hall–Kier alpha value is -1.27. The van der Waals surface area contributed by atoms with Gasteiger partial charge in [0.15, 0.2) is 0 Å². The van der Waals surface area contributed by atoms with Gasteiger partial charge < -0.3 is 15.3 Å². The van der Waals surface area contributed by atoms with Gasteiger partial charge in [0.05, 0.1) is 5.60 Å². The third-order valence-electron chi connectivity index (χ3n) is 3.31. The number of nitrogens with one attached hydrogen (secondary N) is 1. The zero-order valence-electron chi connectivity index (χ0n) is 13.3. The summed E-state index contributed by atoms with van der Waals surface area (Å²) < 4.78 is 13.9. The van der Waals surface area contributed by atoms with Crippen LogP contribution in [-0.4, -0.2) is 42.8 Å². The predicted molar refractivity (Wildman–Crippen MR) is 90.6 cm³/mol. The molecule has 5 heteroatoms. The summed E-state index contributed by atoms with van der Waals surface area (Å²) in [4.78, 5) is 2.88. The molecule has 0 fully saturated rings. The van der Waals surface area contributed by atoms with Gasteiger partial charge in [-0.3, -0.25) is 0 Å². The van der Waals surface area contributed by atoms with E-state index >= 15 is 0 Å². The van der Waals surface area contributed by atoms with Gasteiger partial charge in [-0.25, -0.2) is 4.39 Å². The largest absolute Gasteiger partial charge is 0.388 e. The maximum Gasteiger partial charge on any atom is 0.131 e. The lowest BCUT2D eigenvalue weighted by Gasteiger charge is -2.27. The van der Waals surface area contributed by atoms with Crippen LogP contribution in [0.15, 0.2) is 35.7 Å². The molecule has 0 aliphatic rings. The highest BCUT2D eigenvalue weighted by atomic mass is 32.1. The first-order valence-corrected chi connectivity index (χ1v) is 8.15. The van der Waals surface area contributed by atoms with Crippen molar-refractivity contribution in [3.8, 4) is 10.4 Å². The molecule has 0 amide bonds. The second kappa shape index (κ2) is 7.33. The number of nitrogens with zero attached hydrogens (tertiary/aromatic N) is 1. The van der Waals surface area contributed by atoms with E-state index in [1.807, 2.05) is 49.5 Å². The summed E-state index contributed by atoms with van der Waals surface area (Å²) in [7, 11) is 3.86. The Kier molecular flexibility index (Phi) is 5.69. The molecule has 2 rings (SSSR count). The lowest BCUT2D eigenvalue weighted by atomic mass is 10.1. The standard InChI is InChI=1S/C17H23FN2OS/c1-17(21,12-20(2)3)11-19-10-13-6-7-15(18)14(9-13)16-5-4-8-22-16/h4-9,19,21H,10-12H2,1-3H3. The smallest absolute Gasteiger partial charge is 0.131 e. The Bertz CT molecular complexity index is 597. The van der Waals surface area contributed by atoms with Crippen LogP contribution in [0.25, 0.3) is 10.4 Å². The van der Waals surface area contributed by atoms with Crippen molar-refractivity contribution in [2.45, 2.75) is 19.1 Å². The van der Waals surface area contributed by atoms with Crippen molar-refractivity contribution in [3.63, 3.8) is 0 Å². The van der Waals surface area contributed by atoms with Crippen LogP contribution in [0.3, 0.4) is 0 Å². The van der Waals surface area contributed by atoms with Gasteiger partial charge in [-0.2, -0.15) is 0 Å². The first-order chi connectivity index (χ1) is 10.4. The minimum atomic E-state index is -0.792. The van der Waals surface area contributed by atoms with Crippen molar-refractivity contribution < 1.29 is 9.50 Å². The molecule has 0 radical (unpaired) electrons. The van der Waals surface area contributed by atoms with Crippen LogP contribution in [0.5, 0.6) is 0 Å². The molecule has 2 aromatic rings. The summed E-state index contributed by atoms with van der Waals surface area (Å²) >= 11 is 1.53. The highest BCUT2D eigenvalue weighted by Crippen LogP contribution is 2.28. The lowest BCUT2D eigenvalue weighted by Crippen LogP contribution is -2.45. The van der Waals surface area contributed by atoms with Crippen LogP contribution in [-0.2, 0) is 6.54 Å². The number of hydrogen-bond acceptors (Lipinski definition) is 4. The molecule has 1 atom stereocenters. The minimum Gasteiger partial charge on any atom is -0.388 e. The van der Waals surface area contributed by atoms with Gasteiger partial charge in [-0.1, -0.05) is 12.1 Å². The molecule has 0 saturated carbocycles. The van der Waals surface area contributed by atoms with Gasteiger partial charge in [-0.15, -0.1) is 11.3 Å². The van der Waals surface area contributed by atoms with Crippen LogP contribution >= 0.6 is 11.3 Å². The molecule has 22 heavy (non-hydrogen) atoms. The van der Waals surface area contributed by atoms with E-state index < -0.39 is 5.60 Å². The van der Waals surface area contributed by atoms with E-state index in [9.17, 15) is 9.50 Å². The Morgan fingerprint density at radius 1 is 1.32 bits per heavy atom. The fourth-order valence-corrected chi connectivity index (χ4v) is 3.26. The molecule has 0 aliphatic carbocycles. The number of benzene rings is 1. The maximum absolute atomic E-state index is 13.9. The molecule has 0 aliphatic heterocycles. The van der Waals surface area contributed by atoms with Gasteiger partial charge in [0, 0.05) is 30.1 Å². The second-order valence-corrected chi connectivity index (χ2v) is 7.08. The van der Waals surface area contributed by atoms with Gasteiger partial charge in [0.1, 0.15) is 5.82 Å². The van der Waals surface area contributed by atoms with E-state index in [0.717, 1.165) is 10.4 Å². The molecule has 1 heterocycles. The molecular formula is C17H23FN2OS. The zero-order valence-corrected chi connectivity index (χ0v) is 14.1. The summed E-state index contributed by atoms with van der Waals surface area (Å²) in [5.74, 6) is -0.203. The molecule has 0 bridgehead atoms. The van der Waals surface area contributed by atoms with Gasteiger partial charge in [-0.05, 0) is 50.2 Å². The van der Waals surface area contributed by atoms with Crippen LogP contribution in [0.2, 0.25) is 0 Å². The molecule has 1 aromatic heterocycles. The van der Waals surface area contributed by atoms with Gasteiger partial charge >= 0.3 is 0 Å². The zero-order chi connectivity index (χ0) is 16.2. The third kappa shape index (κ3) is 4.88. The van der Waals surface area contributed by atoms with Crippen molar-refractivity contribution in [2.24, 2.45) is 0 Å². The third-order valence-corrected chi connectivity index (χ3v) is 4.21. The van der Waals surface area contributed by atoms with Crippen molar-refractivity contribution in [3.05, 3.63) is 47.1 Å². The fourth-order valence-electron chi connectivity index (χ4n) is 2.52. The van der Waals surface area contributed by atoms with E-state index in [1.165, 1.54) is 17.4 Å². The Morgan fingerprint density at radius 2 is 2.09 bits per heavy atom. The van der Waals surface area contributed by atoms with Crippen molar-refractivity contribution in [1.29, 1.82) is 0 Å². The van der Waals surface area contributed by atoms with E-state index in [-0.39, 0.29) is 5.82 Å². The second-order valence-electron chi connectivity index (χ2n) is 6.13. The normalized spacial score (nSPS) is 14.3. The highest BCUT2D eigenvalue weighted by molar-refractivity contribution is 7.13. The predicted octanol–water partition coefficient (Wildman–Crippen LogP) is 2.96. The number of rotatable bonds is 7. The summed E-state index contributed by atoms with van der Waals surface area (Å²) in [6.45, 7) is 3.48. The Labute approximate surface area is 135 Å². The molecule has 1 aromatic carbocycles. The highest BCUT2D eigenvalue weighted by Gasteiger charge is 2.20. The Morgan fingerprint density at radius 3 is 2.73 bits per heavy atom. The SMILES string of the molecule is CN(C)CC(C)(O)CNCc1ccc(F)c(-c2cccs2)c1. The minimum absolute atomic E-state index is 0.203. The summed E-state index contributed by atoms with van der Waals surface area (Å²) in [6.07, 6.45) is 0. The van der Waals surface area contributed by atoms with Crippen LogP contribution in [0.1, 0.15) is 12.5 Å². The van der Waals surface area contributed by atoms with E-state index in [2.05, 4.69) is 5.32 Å². The summed E-state index contributed by atoms with van der Waals surface area (Å²) in [5.41, 5.74) is 0.847. The van der Waals surface area contributed by atoms with Gasteiger partial charge in [0.25, 0.3) is 0 Å². The van der Waals surface area contributed by atoms with Crippen LogP contribution < -0.4 is 5.32 Å². The van der Waals surface area contributed by atoms with E-state index in [4.69, 9.17) is 0 Å². The monoisotopic (exact) mass is 322 g/mol. The van der Waals surface area contributed by atoms with E-state index in [1.54, 1.807) is 6.07 Å². The Balaban J connectivity index is 1.98. The van der Waals surface area contributed by atoms with Crippen LogP contribution in [0.4, 0.5) is 4.39 Å². The number of halogens is 1. The number of hydrogen-bond donors (Lipinski definition) is 2. The number of aliphatic hydroxyl groups is 1. The first-order valence-electron chi connectivity index (χ1n) is 7.27. The molecule has 1 unspecified atom stereocenters. The quantitative estimate of drug-likeness (QED) is 0.823. The van der Waals surface area contributed by atoms with Crippen LogP contribution in [0, 0.1) is 5.82 Å². The van der Waals surface area contributed by atoms with Crippen molar-refractivity contribution in [2.75, 3.05) is 27.2 Å². The molecular weight excluding hydrogens is 299 g/mol. The molecule has 120 valence electrons. The molecule has 0 spiro atoms. The summed E-state index contributed by atoms with van der Waals surface area (Å²) in [5, 5.41) is 15.4. The van der Waals surface area contributed by atoms with E-state index in [0.29, 0.717) is 25.2 Å². The average Bonchev–Trinajstić information content (AvgIpc) is 2.92. The van der Waals surface area contributed by atoms with Crippen molar-refractivity contribution >= 4 is 11.3 Å². The maximum atomic E-state index is 13.9. The molecule has 0 saturated heterocycles. The molecule has 3 nitrogen and oxygen atoms in total. The lowest BCUT2D eigenvalue weighted by molar-refractivity contribution is 0.0336. The average molecular weight is 322 g/mol. The number of likely N-dealkylation sites (N-methyl/N-ethyl adjacent to an activating group) is 1. The fraction of sp³-hybridized carbons (Fsp3) is 0.412. The van der Waals surface area contributed by atoms with Gasteiger partial charge in [0.2, 0.25) is 0 Å². The summed E-state index contributed by atoms with van der Waals surface area (Å²) in [6, 6.07) is 8.99. The van der Waals surface area contributed by atoms with Crippen molar-refractivity contribution in [1.82, 2.24) is 10.2 Å². The first kappa shape index (κ1) is 17.1. The number of thiophene rings is 1. The topological polar surface area (TPSA) is 35.5 Å².